The summed E-state index contributed by atoms with van der Waals surface area (Å²) in [5, 5.41) is 3.25. The second-order valence-corrected chi connectivity index (χ2v) is 9.02. The van der Waals surface area contributed by atoms with E-state index in [-0.39, 0.29) is 29.7 Å². The first-order chi connectivity index (χ1) is 15.1. The second-order valence-electron chi connectivity index (χ2n) is 9.02. The van der Waals surface area contributed by atoms with Gasteiger partial charge in [0.1, 0.15) is 0 Å². The molecule has 7 heteroatoms. The lowest BCUT2D eigenvalue weighted by molar-refractivity contribution is -0.138. The molecule has 0 aliphatic carbocycles. The fraction of sp³-hybridized carbons (Fsp3) is 0.625. The molecule has 3 saturated heterocycles. The van der Waals surface area contributed by atoms with Crippen LogP contribution in [0.25, 0.3) is 0 Å². The Hall–Kier alpha value is -2.57. The first kappa shape index (κ1) is 21.7. The van der Waals surface area contributed by atoms with Crippen molar-refractivity contribution < 1.29 is 14.4 Å². The van der Waals surface area contributed by atoms with Crippen molar-refractivity contribution in [3.05, 3.63) is 30.3 Å². The third kappa shape index (κ3) is 5.57. The Morgan fingerprint density at radius 2 is 1.61 bits per heavy atom. The number of benzene rings is 1. The van der Waals surface area contributed by atoms with E-state index in [0.29, 0.717) is 38.9 Å². The SMILES string of the molecule is O=C(NC1CCN(c2ccccc2)CC1)[C@@H]1CCC(=O)N(CCCN2CCCC2=O)C1. The van der Waals surface area contributed by atoms with E-state index in [1.54, 1.807) is 0 Å². The number of carbonyl (C=O) groups is 3. The summed E-state index contributed by atoms with van der Waals surface area (Å²) in [6.07, 6.45) is 5.33. The van der Waals surface area contributed by atoms with Crippen LogP contribution in [-0.2, 0) is 14.4 Å². The maximum Gasteiger partial charge on any atom is 0.225 e. The highest BCUT2D eigenvalue weighted by Gasteiger charge is 2.32. The average molecular weight is 427 g/mol. The van der Waals surface area contributed by atoms with Gasteiger partial charge in [-0.2, -0.15) is 0 Å². The molecule has 3 aliphatic heterocycles. The summed E-state index contributed by atoms with van der Waals surface area (Å²) in [4.78, 5) is 43.0. The third-order valence-electron chi connectivity index (χ3n) is 6.86. The Morgan fingerprint density at radius 3 is 2.32 bits per heavy atom. The smallest absolute Gasteiger partial charge is 0.225 e. The summed E-state index contributed by atoms with van der Waals surface area (Å²) in [6, 6.07) is 10.6. The number of nitrogens with zero attached hydrogens (tertiary/aromatic N) is 3. The summed E-state index contributed by atoms with van der Waals surface area (Å²) in [7, 11) is 0. The van der Waals surface area contributed by atoms with Gasteiger partial charge in [0, 0.05) is 63.8 Å². The van der Waals surface area contributed by atoms with E-state index in [2.05, 4.69) is 34.5 Å². The Balaban J connectivity index is 1.20. The number of para-hydroxylation sites is 1. The van der Waals surface area contributed by atoms with E-state index in [1.807, 2.05) is 15.9 Å². The van der Waals surface area contributed by atoms with Crippen molar-refractivity contribution in [1.82, 2.24) is 15.1 Å². The molecule has 1 aromatic carbocycles. The lowest BCUT2D eigenvalue weighted by atomic mass is 9.95. The number of likely N-dealkylation sites (tertiary alicyclic amines) is 2. The van der Waals surface area contributed by atoms with Crippen molar-refractivity contribution in [2.75, 3.05) is 44.2 Å². The Labute approximate surface area is 184 Å². The van der Waals surface area contributed by atoms with Gasteiger partial charge in [-0.15, -0.1) is 0 Å². The highest BCUT2D eigenvalue weighted by atomic mass is 16.2. The van der Waals surface area contributed by atoms with Gasteiger partial charge < -0.3 is 20.0 Å². The molecule has 0 unspecified atom stereocenters. The lowest BCUT2D eigenvalue weighted by Gasteiger charge is -2.36. The number of anilines is 1. The summed E-state index contributed by atoms with van der Waals surface area (Å²) in [5.74, 6) is 0.317. The van der Waals surface area contributed by atoms with Crippen molar-refractivity contribution in [2.45, 2.75) is 51.0 Å². The van der Waals surface area contributed by atoms with Crippen molar-refractivity contribution in [2.24, 2.45) is 5.92 Å². The van der Waals surface area contributed by atoms with Crippen molar-refractivity contribution in [3.8, 4) is 0 Å². The molecule has 0 aromatic heterocycles. The summed E-state index contributed by atoms with van der Waals surface area (Å²) in [6.45, 7) is 4.56. The molecule has 7 nitrogen and oxygen atoms in total. The number of rotatable bonds is 7. The maximum absolute atomic E-state index is 12.9. The molecule has 3 amide bonds. The molecule has 1 N–H and O–H groups in total. The normalized spacial score (nSPS) is 22.8. The second kappa shape index (κ2) is 10.2. The van der Waals surface area contributed by atoms with Crippen LogP contribution in [0, 0.1) is 5.92 Å². The van der Waals surface area contributed by atoms with Crippen LogP contribution in [0.1, 0.15) is 44.9 Å². The Bertz CT molecular complexity index is 776. The van der Waals surface area contributed by atoms with Gasteiger partial charge in [0.05, 0.1) is 5.92 Å². The first-order valence-electron chi connectivity index (χ1n) is 11.8. The molecule has 4 rings (SSSR count). The van der Waals surface area contributed by atoms with E-state index in [1.165, 1.54) is 5.69 Å². The minimum absolute atomic E-state index is 0.0883. The van der Waals surface area contributed by atoms with Crippen LogP contribution in [0.15, 0.2) is 30.3 Å². The van der Waals surface area contributed by atoms with E-state index in [9.17, 15) is 14.4 Å². The monoisotopic (exact) mass is 426 g/mol. The number of piperidine rings is 2. The summed E-state index contributed by atoms with van der Waals surface area (Å²) >= 11 is 0. The van der Waals surface area contributed by atoms with E-state index >= 15 is 0 Å². The van der Waals surface area contributed by atoms with Crippen molar-refractivity contribution >= 4 is 23.4 Å². The van der Waals surface area contributed by atoms with Gasteiger partial charge in [0.25, 0.3) is 0 Å². The van der Waals surface area contributed by atoms with Crippen molar-refractivity contribution in [3.63, 3.8) is 0 Å². The van der Waals surface area contributed by atoms with E-state index in [0.717, 1.165) is 45.3 Å². The highest BCUT2D eigenvalue weighted by Crippen LogP contribution is 2.22. The molecule has 0 spiro atoms. The number of hydrogen-bond acceptors (Lipinski definition) is 4. The van der Waals surface area contributed by atoms with Crippen LogP contribution in [0.2, 0.25) is 0 Å². The van der Waals surface area contributed by atoms with Crippen LogP contribution in [0.5, 0.6) is 0 Å². The van der Waals surface area contributed by atoms with Gasteiger partial charge in [-0.3, -0.25) is 14.4 Å². The summed E-state index contributed by atoms with van der Waals surface area (Å²) in [5.41, 5.74) is 1.24. The number of hydrogen-bond donors (Lipinski definition) is 1. The van der Waals surface area contributed by atoms with Crippen LogP contribution in [-0.4, -0.2) is 72.8 Å². The minimum atomic E-state index is -0.127. The molecule has 3 heterocycles. The van der Waals surface area contributed by atoms with Crippen LogP contribution >= 0.6 is 0 Å². The van der Waals surface area contributed by atoms with Gasteiger partial charge in [0.2, 0.25) is 17.7 Å². The molecule has 0 radical (unpaired) electrons. The topological polar surface area (TPSA) is 73.0 Å². The molecule has 168 valence electrons. The van der Waals surface area contributed by atoms with Crippen LogP contribution < -0.4 is 10.2 Å². The van der Waals surface area contributed by atoms with Gasteiger partial charge in [0.15, 0.2) is 0 Å². The minimum Gasteiger partial charge on any atom is -0.371 e. The number of amides is 3. The molecule has 1 aromatic rings. The zero-order chi connectivity index (χ0) is 21.6. The summed E-state index contributed by atoms with van der Waals surface area (Å²) < 4.78 is 0. The van der Waals surface area contributed by atoms with Crippen molar-refractivity contribution in [1.29, 1.82) is 0 Å². The molecule has 3 aliphatic rings. The van der Waals surface area contributed by atoms with Crippen LogP contribution in [0.4, 0.5) is 5.69 Å². The fourth-order valence-electron chi connectivity index (χ4n) is 4.98. The molecule has 3 fully saturated rings. The largest absolute Gasteiger partial charge is 0.371 e. The first-order valence-corrected chi connectivity index (χ1v) is 11.8. The predicted octanol–water partition coefficient (Wildman–Crippen LogP) is 2.02. The predicted molar refractivity (Wildman–Crippen MR) is 120 cm³/mol. The number of carbonyl (C=O) groups excluding carboxylic acids is 3. The molecule has 0 bridgehead atoms. The van der Waals surface area contributed by atoms with Gasteiger partial charge in [-0.05, 0) is 44.2 Å². The molecular weight excluding hydrogens is 392 g/mol. The van der Waals surface area contributed by atoms with Gasteiger partial charge >= 0.3 is 0 Å². The number of nitrogens with one attached hydrogen (secondary N) is 1. The average Bonchev–Trinajstić information content (AvgIpc) is 3.20. The zero-order valence-corrected chi connectivity index (χ0v) is 18.3. The standard InChI is InChI=1S/C24H34N4O3/c29-22-8-4-13-27(22)14-5-15-28-18-19(9-10-23(28)30)24(31)25-20-11-16-26(17-12-20)21-6-2-1-3-7-21/h1-3,6-7,19-20H,4-5,8-18H2,(H,25,31)/t19-/m1/s1. The van der Waals surface area contributed by atoms with Gasteiger partial charge in [-0.1, -0.05) is 18.2 Å². The lowest BCUT2D eigenvalue weighted by Crippen LogP contribution is -2.50. The third-order valence-corrected chi connectivity index (χ3v) is 6.86. The molecule has 0 saturated carbocycles. The molecule has 1 atom stereocenters. The fourth-order valence-corrected chi connectivity index (χ4v) is 4.98. The van der Waals surface area contributed by atoms with Crippen LogP contribution in [0.3, 0.4) is 0 Å². The maximum atomic E-state index is 12.9. The Morgan fingerprint density at radius 1 is 0.903 bits per heavy atom. The quantitative estimate of drug-likeness (QED) is 0.724. The van der Waals surface area contributed by atoms with E-state index < -0.39 is 0 Å². The van der Waals surface area contributed by atoms with Gasteiger partial charge in [-0.25, -0.2) is 0 Å². The molecular formula is C24H34N4O3. The highest BCUT2D eigenvalue weighted by molar-refractivity contribution is 5.84. The zero-order valence-electron chi connectivity index (χ0n) is 18.3. The Kier molecular flexibility index (Phi) is 7.10. The molecule has 31 heavy (non-hydrogen) atoms. The van der Waals surface area contributed by atoms with E-state index in [4.69, 9.17) is 0 Å².